The number of phosphoric ester groups is 1. The van der Waals surface area contributed by atoms with Crippen LogP contribution in [-0.4, -0.2) is 71.2 Å². The van der Waals surface area contributed by atoms with Crippen LogP contribution >= 0.6 is 7.82 Å². The average Bonchev–Trinajstić information content (AvgIpc) is 2.76. The molecule has 0 radical (unpaired) electrons. The molecule has 0 amide bonds. The Hall–Kier alpha value is -0.500. The predicted octanol–water partition coefficient (Wildman–Crippen LogP) is 5.23. The van der Waals surface area contributed by atoms with Crippen molar-refractivity contribution in [3.8, 4) is 0 Å². The fourth-order valence-electron chi connectivity index (χ4n) is 3.37. The molecule has 0 saturated heterocycles. The molecule has 0 N–H and O–H groups in total. The van der Waals surface area contributed by atoms with Gasteiger partial charge in [-0.05, 0) is 6.42 Å². The SMILES string of the molecule is CCCCCCCCCCCCCCCC(=O)OC[C@H](COP(=O)([O-])OCC[N+](C)(C)C)OC. The molecule has 204 valence electrons. The maximum Gasteiger partial charge on any atom is 0.305 e. The molecule has 0 aliphatic rings. The van der Waals surface area contributed by atoms with Gasteiger partial charge < -0.3 is 27.9 Å². The number of likely N-dealkylation sites (N-methyl/N-ethyl adjacent to an activating group) is 1. The first-order valence-electron chi connectivity index (χ1n) is 13.2. The number of phosphoric acid groups is 1. The van der Waals surface area contributed by atoms with E-state index in [9.17, 15) is 14.3 Å². The van der Waals surface area contributed by atoms with Crippen LogP contribution in [0.5, 0.6) is 0 Å². The van der Waals surface area contributed by atoms with E-state index >= 15 is 0 Å². The summed E-state index contributed by atoms with van der Waals surface area (Å²) < 4.78 is 32.5. The quantitative estimate of drug-likeness (QED) is 0.0761. The first-order valence-corrected chi connectivity index (χ1v) is 14.6. The van der Waals surface area contributed by atoms with Gasteiger partial charge in [-0.25, -0.2) is 0 Å². The van der Waals surface area contributed by atoms with E-state index in [1.165, 1.54) is 71.3 Å². The lowest BCUT2D eigenvalue weighted by Crippen LogP contribution is -2.37. The Morgan fingerprint density at radius 2 is 1.32 bits per heavy atom. The largest absolute Gasteiger partial charge is 0.756 e. The Labute approximate surface area is 208 Å². The van der Waals surface area contributed by atoms with E-state index < -0.39 is 13.9 Å². The first-order chi connectivity index (χ1) is 16.1. The second-order valence-electron chi connectivity index (χ2n) is 10.1. The van der Waals surface area contributed by atoms with Gasteiger partial charge in [0.15, 0.2) is 0 Å². The summed E-state index contributed by atoms with van der Waals surface area (Å²) in [7, 11) is 2.81. The summed E-state index contributed by atoms with van der Waals surface area (Å²) in [5.74, 6) is -0.297. The van der Waals surface area contributed by atoms with Crippen LogP contribution in [0.1, 0.15) is 96.8 Å². The molecule has 0 aromatic rings. The highest BCUT2D eigenvalue weighted by Crippen LogP contribution is 2.38. The third kappa shape index (κ3) is 23.3. The molecule has 0 aromatic heterocycles. The van der Waals surface area contributed by atoms with Gasteiger partial charge in [-0.1, -0.05) is 84.0 Å². The predicted molar refractivity (Wildman–Crippen MR) is 134 cm³/mol. The van der Waals surface area contributed by atoms with Crippen LogP contribution in [-0.2, 0) is 27.9 Å². The second kappa shape index (κ2) is 20.7. The van der Waals surface area contributed by atoms with Crippen molar-refractivity contribution in [1.29, 1.82) is 0 Å². The molecule has 0 saturated carbocycles. The summed E-state index contributed by atoms with van der Waals surface area (Å²) in [4.78, 5) is 23.8. The zero-order valence-corrected chi connectivity index (χ0v) is 23.5. The molecule has 0 aromatic carbocycles. The van der Waals surface area contributed by atoms with E-state index in [0.717, 1.165) is 19.3 Å². The van der Waals surface area contributed by atoms with Gasteiger partial charge >= 0.3 is 5.97 Å². The van der Waals surface area contributed by atoms with Crippen LogP contribution in [0, 0.1) is 0 Å². The summed E-state index contributed by atoms with van der Waals surface area (Å²) in [5.41, 5.74) is 0. The lowest BCUT2D eigenvalue weighted by molar-refractivity contribution is -0.870. The molecule has 8 nitrogen and oxygen atoms in total. The van der Waals surface area contributed by atoms with Gasteiger partial charge in [-0.15, -0.1) is 0 Å². The highest BCUT2D eigenvalue weighted by molar-refractivity contribution is 7.45. The average molecular weight is 510 g/mol. The maximum absolute atomic E-state index is 11.9. The molecule has 0 aliphatic carbocycles. The number of ether oxygens (including phenoxy) is 2. The zero-order chi connectivity index (χ0) is 25.7. The van der Waals surface area contributed by atoms with Gasteiger partial charge in [0, 0.05) is 13.5 Å². The monoisotopic (exact) mass is 509 g/mol. The molecule has 0 spiro atoms. The van der Waals surface area contributed by atoms with Gasteiger partial charge in [0.05, 0.1) is 27.7 Å². The van der Waals surface area contributed by atoms with Crippen molar-refractivity contribution >= 4 is 13.8 Å². The minimum Gasteiger partial charge on any atom is -0.756 e. The maximum atomic E-state index is 11.9. The highest BCUT2D eigenvalue weighted by Gasteiger charge is 2.18. The van der Waals surface area contributed by atoms with Crippen molar-refractivity contribution in [2.24, 2.45) is 0 Å². The summed E-state index contributed by atoms with van der Waals surface area (Å²) in [5, 5.41) is 0. The van der Waals surface area contributed by atoms with Crippen LogP contribution in [0.2, 0.25) is 0 Å². The molecule has 0 aliphatic heterocycles. The number of unbranched alkanes of at least 4 members (excludes halogenated alkanes) is 12. The fraction of sp³-hybridized carbons (Fsp3) is 0.960. The third-order valence-electron chi connectivity index (χ3n) is 5.68. The van der Waals surface area contributed by atoms with Gasteiger partial charge in [-0.3, -0.25) is 9.36 Å². The van der Waals surface area contributed by atoms with Crippen molar-refractivity contribution in [1.82, 2.24) is 0 Å². The van der Waals surface area contributed by atoms with Gasteiger partial charge in [0.1, 0.15) is 25.9 Å². The zero-order valence-electron chi connectivity index (χ0n) is 22.6. The lowest BCUT2D eigenvalue weighted by Gasteiger charge is -2.28. The van der Waals surface area contributed by atoms with Crippen LogP contribution < -0.4 is 4.89 Å². The molecule has 1 unspecified atom stereocenters. The molecule has 0 fully saturated rings. The van der Waals surface area contributed by atoms with Gasteiger partial charge in [-0.2, -0.15) is 0 Å². The van der Waals surface area contributed by atoms with Crippen molar-refractivity contribution in [3.63, 3.8) is 0 Å². The number of hydrogen-bond acceptors (Lipinski definition) is 7. The van der Waals surface area contributed by atoms with Gasteiger partial charge in [0.2, 0.25) is 0 Å². The molecular formula is C25H52NO7P. The number of carbonyl (C=O) groups excluding carboxylic acids is 1. The van der Waals surface area contributed by atoms with Crippen molar-refractivity contribution in [2.75, 3.05) is 54.6 Å². The molecule has 0 heterocycles. The Balaban J connectivity index is 3.71. The van der Waals surface area contributed by atoms with Crippen LogP contribution in [0.3, 0.4) is 0 Å². The van der Waals surface area contributed by atoms with E-state index in [-0.39, 0.29) is 25.8 Å². The number of carbonyl (C=O) groups is 1. The number of quaternary nitrogens is 1. The summed E-state index contributed by atoms with van der Waals surface area (Å²) in [6.45, 7) is 2.51. The minimum atomic E-state index is -4.42. The summed E-state index contributed by atoms with van der Waals surface area (Å²) >= 11 is 0. The molecule has 0 rings (SSSR count). The number of nitrogens with zero attached hydrogens (tertiary/aromatic N) is 1. The highest BCUT2D eigenvalue weighted by atomic mass is 31.2. The Morgan fingerprint density at radius 3 is 1.79 bits per heavy atom. The van der Waals surface area contributed by atoms with E-state index in [1.54, 1.807) is 0 Å². The summed E-state index contributed by atoms with van der Waals surface area (Å²) in [6.07, 6.45) is 16.0. The standard InChI is InChI=1S/C25H52NO7P/c1-6-7-8-9-10-11-12-13-14-15-16-17-18-19-25(27)31-22-24(30-5)23-33-34(28,29)32-21-20-26(2,3)4/h24H,6-23H2,1-5H3/t24-/m1/s1. The number of esters is 1. The topological polar surface area (TPSA) is 94.1 Å². The molecule has 9 heteroatoms. The third-order valence-corrected chi connectivity index (χ3v) is 6.64. The number of hydrogen-bond donors (Lipinski definition) is 0. The van der Waals surface area contributed by atoms with Crippen LogP contribution in [0.25, 0.3) is 0 Å². The van der Waals surface area contributed by atoms with E-state index in [0.29, 0.717) is 17.4 Å². The van der Waals surface area contributed by atoms with Crippen molar-refractivity contribution in [2.45, 2.75) is 103 Å². The normalized spacial score (nSPS) is 14.6. The van der Waals surface area contributed by atoms with Crippen LogP contribution in [0.4, 0.5) is 0 Å². The van der Waals surface area contributed by atoms with Crippen molar-refractivity contribution in [3.05, 3.63) is 0 Å². The second-order valence-corrected chi connectivity index (χ2v) is 11.5. The smallest absolute Gasteiger partial charge is 0.305 e. The molecule has 34 heavy (non-hydrogen) atoms. The van der Waals surface area contributed by atoms with Crippen molar-refractivity contribution < 1.29 is 37.3 Å². The van der Waals surface area contributed by atoms with E-state index in [1.807, 2.05) is 21.1 Å². The minimum absolute atomic E-state index is 0.0377. The Bertz CT molecular complexity index is 540. The molecular weight excluding hydrogens is 457 g/mol. The van der Waals surface area contributed by atoms with Crippen LogP contribution in [0.15, 0.2) is 0 Å². The molecule has 0 bridgehead atoms. The van der Waals surface area contributed by atoms with E-state index in [2.05, 4.69) is 6.92 Å². The fourth-order valence-corrected chi connectivity index (χ4v) is 4.10. The van der Waals surface area contributed by atoms with Gasteiger partial charge in [0.25, 0.3) is 7.82 Å². The number of methoxy groups -OCH3 is 1. The molecule has 2 atom stereocenters. The van der Waals surface area contributed by atoms with E-state index in [4.69, 9.17) is 18.5 Å². The number of rotatable bonds is 24. The lowest BCUT2D eigenvalue weighted by atomic mass is 10.0. The Kier molecular flexibility index (Phi) is 20.4. The Morgan fingerprint density at radius 1 is 0.824 bits per heavy atom. The first kappa shape index (κ1) is 33.5. The summed E-state index contributed by atoms with van der Waals surface area (Å²) in [6, 6.07) is 0.